The van der Waals surface area contributed by atoms with Crippen LogP contribution in [0.2, 0.25) is 5.02 Å². The Balaban J connectivity index is 1.33. The molecule has 0 fully saturated rings. The topological polar surface area (TPSA) is 99.4 Å². The van der Waals surface area contributed by atoms with Crippen LogP contribution in [0.5, 0.6) is 11.5 Å². The van der Waals surface area contributed by atoms with Crippen LogP contribution in [0.1, 0.15) is 56.3 Å². The molecule has 0 saturated heterocycles. The maximum Gasteiger partial charge on any atom is 0.262 e. The van der Waals surface area contributed by atoms with E-state index >= 15 is 0 Å². The predicted molar refractivity (Wildman–Crippen MR) is 148 cm³/mol. The maximum absolute atomic E-state index is 14.6. The van der Waals surface area contributed by atoms with Crippen molar-refractivity contribution in [3.05, 3.63) is 112 Å². The predicted octanol–water partition coefficient (Wildman–Crippen LogP) is 6.01. The number of imide groups is 1. The summed E-state index contributed by atoms with van der Waals surface area (Å²) in [5, 5.41) is 4.96. The molecule has 6 rings (SSSR count). The van der Waals surface area contributed by atoms with Gasteiger partial charge in [0.25, 0.3) is 11.8 Å². The number of aryl methyl sites for hydroxylation is 2. The van der Waals surface area contributed by atoms with E-state index in [2.05, 4.69) is 15.1 Å². The van der Waals surface area contributed by atoms with Gasteiger partial charge in [0, 0.05) is 22.7 Å². The van der Waals surface area contributed by atoms with Crippen molar-refractivity contribution < 1.29 is 23.6 Å². The van der Waals surface area contributed by atoms with Gasteiger partial charge in [-0.05, 0) is 62.7 Å². The lowest BCUT2D eigenvalue weighted by Gasteiger charge is -2.26. The normalized spacial score (nSPS) is 13.5. The van der Waals surface area contributed by atoms with Crippen molar-refractivity contribution in [1.82, 2.24) is 24.8 Å². The highest BCUT2D eigenvalue weighted by Crippen LogP contribution is 2.37. The number of hydrogen-bond acceptors (Lipinski definition) is 7. The van der Waals surface area contributed by atoms with E-state index in [4.69, 9.17) is 21.2 Å². The van der Waals surface area contributed by atoms with Crippen LogP contribution >= 0.6 is 11.6 Å². The zero-order chi connectivity index (χ0) is 28.8. The van der Waals surface area contributed by atoms with Gasteiger partial charge in [0.2, 0.25) is 0 Å². The molecular formula is C30H23ClFN5O4. The second-order valence-corrected chi connectivity index (χ2v) is 10.1. The number of amides is 2. The van der Waals surface area contributed by atoms with Gasteiger partial charge in [-0.1, -0.05) is 34.6 Å². The number of para-hydroxylation sites is 1. The largest absolute Gasteiger partial charge is 0.487 e. The number of rotatable bonds is 7. The molecule has 1 atom stereocenters. The minimum atomic E-state index is -0.812. The van der Waals surface area contributed by atoms with Gasteiger partial charge < -0.3 is 9.57 Å². The Bertz CT molecular complexity index is 1820. The quantitative estimate of drug-likeness (QED) is 0.220. The van der Waals surface area contributed by atoms with Gasteiger partial charge >= 0.3 is 0 Å². The van der Waals surface area contributed by atoms with Gasteiger partial charge in [-0.3, -0.25) is 14.5 Å². The number of pyridine rings is 1. The molecule has 1 unspecified atom stereocenters. The number of halogens is 2. The maximum atomic E-state index is 14.6. The molecule has 0 saturated carbocycles. The molecule has 1 aliphatic rings. The molecule has 0 aliphatic carbocycles. The molecule has 206 valence electrons. The Morgan fingerprint density at radius 2 is 1.71 bits per heavy atom. The molecule has 0 N–H and O–H groups in total. The Kier molecular flexibility index (Phi) is 6.63. The first-order valence-electron chi connectivity index (χ1n) is 12.8. The van der Waals surface area contributed by atoms with Crippen LogP contribution in [-0.4, -0.2) is 36.6 Å². The SMILES string of the molecule is Cc1cc(On2cnc(C)n2)c2cccc(OCc3c(Cl)cc(F)cc3C(C)N3C(=O)c4ccccc4C3=O)c2n1. The first-order valence-corrected chi connectivity index (χ1v) is 13.1. The van der Waals surface area contributed by atoms with Crippen molar-refractivity contribution in [2.45, 2.75) is 33.4 Å². The number of carbonyl (C=O) groups is 2. The molecule has 3 aromatic carbocycles. The van der Waals surface area contributed by atoms with Gasteiger partial charge in [-0.2, -0.15) is 0 Å². The standard InChI is InChI=1S/C30H23ClFN5O4/c1-16-11-27(41-36-15-33-18(3)35-36)22-9-6-10-26(28(22)34-16)40-14-24-23(12-19(32)13-25(24)31)17(2)37-29(38)20-7-4-5-8-21(20)30(37)39/h4-13,15,17H,14H2,1-3H3. The van der Waals surface area contributed by atoms with Crippen molar-refractivity contribution in [2.75, 3.05) is 0 Å². The Labute approximate surface area is 239 Å². The number of nitrogens with zero attached hydrogens (tertiary/aromatic N) is 5. The van der Waals surface area contributed by atoms with Crippen molar-refractivity contribution in [3.63, 3.8) is 0 Å². The lowest BCUT2D eigenvalue weighted by Crippen LogP contribution is -2.33. The van der Waals surface area contributed by atoms with E-state index < -0.39 is 23.7 Å². The molecule has 2 aromatic heterocycles. The molecule has 5 aromatic rings. The highest BCUT2D eigenvalue weighted by molar-refractivity contribution is 6.31. The van der Waals surface area contributed by atoms with Crippen molar-refractivity contribution in [1.29, 1.82) is 0 Å². The van der Waals surface area contributed by atoms with E-state index in [-0.39, 0.29) is 11.6 Å². The summed E-state index contributed by atoms with van der Waals surface area (Å²) in [7, 11) is 0. The van der Waals surface area contributed by atoms with E-state index in [1.165, 1.54) is 23.3 Å². The molecule has 0 radical (unpaired) electrons. The fourth-order valence-electron chi connectivity index (χ4n) is 4.97. The molecule has 2 amide bonds. The Morgan fingerprint density at radius 3 is 2.39 bits per heavy atom. The number of ether oxygens (including phenoxy) is 1. The van der Waals surface area contributed by atoms with Crippen molar-refractivity contribution >= 4 is 34.3 Å². The van der Waals surface area contributed by atoms with E-state index in [1.54, 1.807) is 56.3 Å². The Hall–Kier alpha value is -4.83. The van der Waals surface area contributed by atoms with Gasteiger partial charge in [0.05, 0.1) is 22.2 Å². The number of hydrogen-bond donors (Lipinski definition) is 0. The second kappa shape index (κ2) is 10.3. The fourth-order valence-corrected chi connectivity index (χ4v) is 5.24. The molecule has 1 aliphatic heterocycles. The summed E-state index contributed by atoms with van der Waals surface area (Å²) >= 11 is 6.51. The summed E-state index contributed by atoms with van der Waals surface area (Å²) in [4.78, 5) is 43.3. The summed E-state index contributed by atoms with van der Waals surface area (Å²) in [6, 6.07) is 15.4. The molecule has 0 spiro atoms. The lowest BCUT2D eigenvalue weighted by molar-refractivity contribution is 0.0593. The van der Waals surface area contributed by atoms with Crippen LogP contribution in [0, 0.1) is 19.7 Å². The molecule has 11 heteroatoms. The van der Waals surface area contributed by atoms with E-state index in [9.17, 15) is 14.0 Å². The lowest BCUT2D eigenvalue weighted by atomic mass is 10.00. The Morgan fingerprint density at radius 1 is 0.976 bits per heavy atom. The number of benzene rings is 3. The monoisotopic (exact) mass is 571 g/mol. The molecule has 3 heterocycles. The van der Waals surface area contributed by atoms with E-state index in [0.717, 1.165) is 4.90 Å². The second-order valence-electron chi connectivity index (χ2n) is 9.65. The summed E-state index contributed by atoms with van der Waals surface area (Å²) in [5.74, 6) is 0.00726. The molecule has 41 heavy (non-hydrogen) atoms. The van der Waals surface area contributed by atoms with Gasteiger partial charge in [0.15, 0.2) is 17.9 Å². The van der Waals surface area contributed by atoms with Crippen LogP contribution in [-0.2, 0) is 6.61 Å². The zero-order valence-electron chi connectivity index (χ0n) is 22.3. The minimum absolute atomic E-state index is 0.0743. The summed E-state index contributed by atoms with van der Waals surface area (Å²) in [6.45, 7) is 5.17. The zero-order valence-corrected chi connectivity index (χ0v) is 23.0. The molecular weight excluding hydrogens is 549 g/mol. The molecule has 9 nitrogen and oxygen atoms in total. The minimum Gasteiger partial charge on any atom is -0.487 e. The van der Waals surface area contributed by atoms with Crippen LogP contribution in [0.3, 0.4) is 0 Å². The summed E-state index contributed by atoms with van der Waals surface area (Å²) in [6.07, 6.45) is 1.46. The van der Waals surface area contributed by atoms with Gasteiger partial charge in [0.1, 0.15) is 23.7 Å². The van der Waals surface area contributed by atoms with Gasteiger partial charge in [-0.15, -0.1) is 5.10 Å². The first kappa shape index (κ1) is 26.4. The van der Waals surface area contributed by atoms with Gasteiger partial charge in [-0.25, -0.2) is 14.4 Å². The van der Waals surface area contributed by atoms with Crippen LogP contribution in [0.15, 0.2) is 67.0 Å². The third-order valence-corrected chi connectivity index (χ3v) is 7.24. The average Bonchev–Trinajstić information content (AvgIpc) is 3.47. The third kappa shape index (κ3) is 4.76. The highest BCUT2D eigenvalue weighted by atomic mass is 35.5. The smallest absolute Gasteiger partial charge is 0.262 e. The highest BCUT2D eigenvalue weighted by Gasteiger charge is 2.39. The van der Waals surface area contributed by atoms with E-state index in [0.29, 0.717) is 56.2 Å². The van der Waals surface area contributed by atoms with E-state index in [1.807, 2.05) is 13.0 Å². The molecule has 0 bridgehead atoms. The van der Waals surface area contributed by atoms with Crippen molar-refractivity contribution in [3.8, 4) is 11.5 Å². The number of fused-ring (bicyclic) bond motifs is 2. The average molecular weight is 572 g/mol. The van der Waals surface area contributed by atoms with Crippen molar-refractivity contribution in [2.24, 2.45) is 0 Å². The summed E-state index contributed by atoms with van der Waals surface area (Å²) in [5.41, 5.74) is 2.63. The van der Waals surface area contributed by atoms with Crippen LogP contribution in [0.4, 0.5) is 4.39 Å². The van der Waals surface area contributed by atoms with Crippen LogP contribution in [0.25, 0.3) is 10.9 Å². The number of carbonyl (C=O) groups excluding carboxylic acids is 2. The fraction of sp³-hybridized carbons (Fsp3) is 0.167. The third-order valence-electron chi connectivity index (χ3n) is 6.90. The number of aromatic nitrogens is 4. The first-order chi connectivity index (χ1) is 19.7. The summed E-state index contributed by atoms with van der Waals surface area (Å²) < 4.78 is 20.8. The van der Waals surface area contributed by atoms with Crippen LogP contribution < -0.4 is 9.57 Å².